The Hall–Kier alpha value is -1.50. The molecule has 0 radical (unpaired) electrons. The second-order valence-corrected chi connectivity index (χ2v) is 6.79. The van der Waals surface area contributed by atoms with Crippen LogP contribution in [-0.2, 0) is 15.3 Å². The van der Waals surface area contributed by atoms with Crippen molar-refractivity contribution in [3.05, 3.63) is 17.0 Å². The van der Waals surface area contributed by atoms with E-state index in [9.17, 15) is 9.59 Å². The number of carboxylic acid groups (broad SMARTS) is 1. The summed E-state index contributed by atoms with van der Waals surface area (Å²) in [5.41, 5.74) is 1.89. The quantitative estimate of drug-likeness (QED) is 0.893. The first-order chi connectivity index (χ1) is 10.4. The number of nitrogens with zero attached hydrogens (tertiary/aromatic N) is 2. The summed E-state index contributed by atoms with van der Waals surface area (Å²) in [4.78, 5) is 25.2. The maximum absolute atomic E-state index is 12.3. The molecule has 0 aliphatic carbocycles. The van der Waals surface area contributed by atoms with Crippen LogP contribution >= 0.6 is 11.8 Å². The highest BCUT2D eigenvalue weighted by molar-refractivity contribution is 7.99. The van der Waals surface area contributed by atoms with Crippen LogP contribution in [0.3, 0.4) is 0 Å². The van der Waals surface area contributed by atoms with Crippen molar-refractivity contribution in [3.63, 3.8) is 0 Å². The molecule has 0 bridgehead atoms. The van der Waals surface area contributed by atoms with Crippen LogP contribution in [0, 0.1) is 19.8 Å². The molecule has 2 rings (SSSR count). The number of hydrogen-bond acceptors (Lipinski definition) is 5. The molecule has 1 amide bonds. The monoisotopic (exact) mass is 326 g/mol. The Morgan fingerprint density at radius 3 is 2.73 bits per heavy atom. The summed E-state index contributed by atoms with van der Waals surface area (Å²) in [5, 5.41) is 13.0. The minimum atomic E-state index is -0.812. The number of aliphatic carboxylic acids is 1. The van der Waals surface area contributed by atoms with Gasteiger partial charge in [-0.05, 0) is 33.6 Å². The van der Waals surface area contributed by atoms with E-state index in [2.05, 4.69) is 5.16 Å². The van der Waals surface area contributed by atoms with E-state index in [4.69, 9.17) is 9.63 Å². The number of carbonyl (C=O) groups is 2. The number of rotatable bonds is 5. The third kappa shape index (κ3) is 3.82. The van der Waals surface area contributed by atoms with Crippen LogP contribution < -0.4 is 0 Å². The van der Waals surface area contributed by atoms with Gasteiger partial charge in [0.15, 0.2) is 0 Å². The molecule has 6 nitrogen and oxygen atoms in total. The Bertz CT molecular complexity index is 538. The van der Waals surface area contributed by atoms with Gasteiger partial charge in [-0.25, -0.2) is 0 Å². The van der Waals surface area contributed by atoms with E-state index in [1.54, 1.807) is 4.90 Å². The van der Waals surface area contributed by atoms with E-state index < -0.39 is 11.9 Å². The molecule has 122 valence electrons. The first-order valence-electron chi connectivity index (χ1n) is 7.42. The molecule has 2 atom stereocenters. The Labute approximate surface area is 134 Å². The molecule has 1 fully saturated rings. The number of aryl methyl sites for hydroxylation is 2. The number of piperidine rings is 1. The lowest BCUT2D eigenvalue weighted by Crippen LogP contribution is -2.48. The minimum absolute atomic E-state index is 0.00945. The largest absolute Gasteiger partial charge is 0.481 e. The Balaban J connectivity index is 1.87. The summed E-state index contributed by atoms with van der Waals surface area (Å²) in [6, 6.07) is 0.114. The molecule has 0 aromatic carbocycles. The van der Waals surface area contributed by atoms with Gasteiger partial charge in [0.05, 0.1) is 17.4 Å². The topological polar surface area (TPSA) is 83.6 Å². The van der Waals surface area contributed by atoms with Crippen molar-refractivity contribution in [2.24, 2.45) is 5.92 Å². The fraction of sp³-hybridized carbons (Fsp3) is 0.667. The molecule has 2 heterocycles. The van der Waals surface area contributed by atoms with Crippen LogP contribution in [-0.4, -0.2) is 45.4 Å². The highest BCUT2D eigenvalue weighted by atomic mass is 32.2. The molecule has 1 N–H and O–H groups in total. The predicted molar refractivity (Wildman–Crippen MR) is 83.7 cm³/mol. The van der Waals surface area contributed by atoms with Gasteiger partial charge < -0.3 is 14.5 Å². The Kier molecular flexibility index (Phi) is 5.50. The number of hydrogen-bond donors (Lipinski definition) is 1. The Morgan fingerprint density at radius 1 is 1.41 bits per heavy atom. The van der Waals surface area contributed by atoms with Crippen LogP contribution in [0.15, 0.2) is 4.52 Å². The number of amides is 1. The lowest BCUT2D eigenvalue weighted by molar-refractivity contribution is -0.146. The van der Waals surface area contributed by atoms with Crippen LogP contribution in [0.4, 0.5) is 0 Å². The van der Waals surface area contributed by atoms with Crippen molar-refractivity contribution >= 4 is 23.6 Å². The Morgan fingerprint density at radius 2 is 2.14 bits per heavy atom. The normalized spacial score (nSPS) is 21.9. The highest BCUT2D eigenvalue weighted by Crippen LogP contribution is 2.24. The van der Waals surface area contributed by atoms with E-state index in [1.165, 1.54) is 11.8 Å². The maximum atomic E-state index is 12.3. The van der Waals surface area contributed by atoms with Crippen molar-refractivity contribution in [1.82, 2.24) is 10.1 Å². The second kappa shape index (κ2) is 7.17. The number of likely N-dealkylation sites (tertiary alicyclic amines) is 1. The summed E-state index contributed by atoms with van der Waals surface area (Å²) < 4.78 is 5.10. The summed E-state index contributed by atoms with van der Waals surface area (Å²) in [5.74, 6) is 0.573. The van der Waals surface area contributed by atoms with Gasteiger partial charge in [0.25, 0.3) is 0 Å². The molecule has 1 aromatic heterocycles. The molecule has 0 saturated carbocycles. The fourth-order valence-electron chi connectivity index (χ4n) is 2.69. The van der Waals surface area contributed by atoms with E-state index in [-0.39, 0.29) is 11.9 Å². The van der Waals surface area contributed by atoms with Crippen molar-refractivity contribution in [2.45, 2.75) is 45.4 Å². The van der Waals surface area contributed by atoms with E-state index >= 15 is 0 Å². The average molecular weight is 326 g/mol. The standard InChI is InChI=1S/C15H22N2O4S/c1-9-4-5-12(15(19)20)6-17(9)14(18)8-22-7-13-10(2)16-21-11(13)3/h9,12H,4-8H2,1-3H3,(H,19,20). The summed E-state index contributed by atoms with van der Waals surface area (Å²) in [6.07, 6.45) is 1.39. The van der Waals surface area contributed by atoms with Crippen LogP contribution in [0.5, 0.6) is 0 Å². The van der Waals surface area contributed by atoms with E-state index in [0.29, 0.717) is 24.5 Å². The SMILES string of the molecule is Cc1noc(C)c1CSCC(=O)N1CC(C(=O)O)CCC1C. The zero-order valence-electron chi connectivity index (χ0n) is 13.2. The maximum Gasteiger partial charge on any atom is 0.308 e. The van der Waals surface area contributed by atoms with E-state index in [0.717, 1.165) is 23.4 Å². The van der Waals surface area contributed by atoms with Crippen molar-refractivity contribution in [3.8, 4) is 0 Å². The number of thioether (sulfide) groups is 1. The lowest BCUT2D eigenvalue weighted by atomic mass is 9.93. The van der Waals surface area contributed by atoms with Crippen LogP contribution in [0.25, 0.3) is 0 Å². The third-order valence-corrected chi connectivity index (χ3v) is 5.15. The summed E-state index contributed by atoms with van der Waals surface area (Å²) in [6.45, 7) is 6.05. The molecule has 2 unspecified atom stereocenters. The fourth-order valence-corrected chi connectivity index (χ4v) is 3.75. The van der Waals surface area contributed by atoms with Gasteiger partial charge in [-0.3, -0.25) is 9.59 Å². The molecule has 1 aromatic rings. The molecule has 7 heteroatoms. The first-order valence-corrected chi connectivity index (χ1v) is 8.57. The predicted octanol–water partition coefficient (Wildman–Crippen LogP) is 2.24. The van der Waals surface area contributed by atoms with Crippen molar-refractivity contribution in [2.75, 3.05) is 12.3 Å². The van der Waals surface area contributed by atoms with Gasteiger partial charge in [-0.1, -0.05) is 5.16 Å². The molecule has 1 saturated heterocycles. The second-order valence-electron chi connectivity index (χ2n) is 5.80. The van der Waals surface area contributed by atoms with Gasteiger partial charge in [0.1, 0.15) is 5.76 Å². The van der Waals surface area contributed by atoms with Gasteiger partial charge in [-0.2, -0.15) is 0 Å². The molecular weight excluding hydrogens is 304 g/mol. The smallest absolute Gasteiger partial charge is 0.308 e. The van der Waals surface area contributed by atoms with Crippen LogP contribution in [0.2, 0.25) is 0 Å². The van der Waals surface area contributed by atoms with Crippen molar-refractivity contribution in [1.29, 1.82) is 0 Å². The molecular formula is C15H22N2O4S. The minimum Gasteiger partial charge on any atom is -0.481 e. The van der Waals surface area contributed by atoms with Gasteiger partial charge in [-0.15, -0.1) is 11.8 Å². The molecule has 1 aliphatic heterocycles. The van der Waals surface area contributed by atoms with Gasteiger partial charge in [0.2, 0.25) is 5.91 Å². The molecule has 0 spiro atoms. The van der Waals surface area contributed by atoms with Crippen molar-refractivity contribution < 1.29 is 19.2 Å². The number of carbonyl (C=O) groups excluding carboxylic acids is 1. The van der Waals surface area contributed by atoms with E-state index in [1.807, 2.05) is 20.8 Å². The number of carboxylic acids is 1. The van der Waals surface area contributed by atoms with Crippen LogP contribution in [0.1, 0.15) is 36.8 Å². The highest BCUT2D eigenvalue weighted by Gasteiger charge is 2.32. The lowest BCUT2D eigenvalue weighted by Gasteiger charge is -2.36. The zero-order chi connectivity index (χ0) is 16.3. The third-order valence-electron chi connectivity index (χ3n) is 4.20. The van der Waals surface area contributed by atoms with Gasteiger partial charge in [0, 0.05) is 23.9 Å². The summed E-state index contributed by atoms with van der Waals surface area (Å²) >= 11 is 1.51. The molecule has 22 heavy (non-hydrogen) atoms. The zero-order valence-corrected chi connectivity index (χ0v) is 14.0. The number of aromatic nitrogens is 1. The van der Waals surface area contributed by atoms with Gasteiger partial charge >= 0.3 is 5.97 Å². The summed E-state index contributed by atoms with van der Waals surface area (Å²) in [7, 11) is 0. The average Bonchev–Trinajstić information content (AvgIpc) is 2.79. The first kappa shape index (κ1) is 16.9. The molecule has 1 aliphatic rings.